The van der Waals surface area contributed by atoms with Gasteiger partial charge < -0.3 is 15.3 Å². The van der Waals surface area contributed by atoms with E-state index in [1.165, 1.54) is 5.69 Å². The SMILES string of the molecule is O=[S@]1CCCCc2nc(C3CCN(c4ccc(Cl)cc4)CC3)nc(NC3(CO)CCC3)c21. The number of nitrogens with one attached hydrogen (secondary N) is 1. The van der Waals surface area contributed by atoms with Crippen LogP contribution in [0.2, 0.25) is 5.02 Å². The second kappa shape index (κ2) is 9.27. The van der Waals surface area contributed by atoms with E-state index < -0.39 is 10.8 Å². The van der Waals surface area contributed by atoms with Gasteiger partial charge in [-0.05, 0) is 75.6 Å². The van der Waals surface area contributed by atoms with Crippen molar-refractivity contribution in [1.82, 2.24) is 9.97 Å². The summed E-state index contributed by atoms with van der Waals surface area (Å²) in [4.78, 5) is 13.1. The first-order chi connectivity index (χ1) is 15.6. The summed E-state index contributed by atoms with van der Waals surface area (Å²) in [6, 6.07) is 8.03. The lowest BCUT2D eigenvalue weighted by Crippen LogP contribution is -2.49. The van der Waals surface area contributed by atoms with Crippen molar-refractivity contribution in [3.05, 3.63) is 40.8 Å². The van der Waals surface area contributed by atoms with Gasteiger partial charge in [-0.15, -0.1) is 0 Å². The number of aryl methyl sites for hydroxylation is 1. The highest BCUT2D eigenvalue weighted by Crippen LogP contribution is 2.38. The average molecular weight is 475 g/mol. The molecule has 1 saturated heterocycles. The number of hydrogen-bond acceptors (Lipinski definition) is 6. The molecular formula is C24H31ClN4O2S. The van der Waals surface area contributed by atoms with E-state index in [2.05, 4.69) is 22.3 Å². The number of nitrogens with zero attached hydrogens (tertiary/aromatic N) is 3. The summed E-state index contributed by atoms with van der Waals surface area (Å²) in [6.07, 6.45) is 7.70. The molecule has 3 aliphatic rings. The summed E-state index contributed by atoms with van der Waals surface area (Å²) in [5, 5.41) is 14.3. The molecule has 1 aromatic carbocycles. The van der Waals surface area contributed by atoms with Crippen molar-refractivity contribution < 1.29 is 9.32 Å². The van der Waals surface area contributed by atoms with E-state index in [1.54, 1.807) is 0 Å². The molecule has 2 aliphatic heterocycles. The van der Waals surface area contributed by atoms with Crippen LogP contribution in [0.1, 0.15) is 62.4 Å². The maximum absolute atomic E-state index is 13.0. The molecule has 1 aliphatic carbocycles. The number of piperidine rings is 1. The third-order valence-electron chi connectivity index (χ3n) is 7.22. The van der Waals surface area contributed by atoms with Crippen LogP contribution in [0, 0.1) is 0 Å². The van der Waals surface area contributed by atoms with E-state index in [9.17, 15) is 9.32 Å². The van der Waals surface area contributed by atoms with E-state index >= 15 is 0 Å². The summed E-state index contributed by atoms with van der Waals surface area (Å²) in [6.45, 7) is 1.97. The van der Waals surface area contributed by atoms with Crippen LogP contribution in [0.3, 0.4) is 0 Å². The van der Waals surface area contributed by atoms with Gasteiger partial charge in [-0.1, -0.05) is 11.6 Å². The highest BCUT2D eigenvalue weighted by atomic mass is 35.5. The van der Waals surface area contributed by atoms with Crippen LogP contribution in [0.4, 0.5) is 11.5 Å². The first kappa shape index (κ1) is 22.1. The maximum Gasteiger partial charge on any atom is 0.146 e. The molecule has 0 unspecified atom stereocenters. The third-order valence-corrected chi connectivity index (χ3v) is 9.02. The van der Waals surface area contributed by atoms with E-state index in [0.29, 0.717) is 11.6 Å². The van der Waals surface area contributed by atoms with Gasteiger partial charge in [-0.25, -0.2) is 9.97 Å². The molecule has 0 spiro atoms. The average Bonchev–Trinajstić information content (AvgIpc) is 2.98. The Balaban J connectivity index is 1.40. The summed E-state index contributed by atoms with van der Waals surface area (Å²) < 4.78 is 13.0. The van der Waals surface area contributed by atoms with Gasteiger partial charge in [0, 0.05) is 35.5 Å². The minimum Gasteiger partial charge on any atom is -0.394 e. The Morgan fingerprint density at radius 3 is 2.53 bits per heavy atom. The number of rotatable bonds is 5. The number of aromatic nitrogens is 2. The molecule has 5 rings (SSSR count). The monoisotopic (exact) mass is 474 g/mol. The molecule has 0 bridgehead atoms. The first-order valence-electron chi connectivity index (χ1n) is 11.8. The molecule has 2 N–H and O–H groups in total. The number of aliphatic hydroxyl groups excluding tert-OH is 1. The van der Waals surface area contributed by atoms with Gasteiger partial charge in [0.25, 0.3) is 0 Å². The topological polar surface area (TPSA) is 78.4 Å². The van der Waals surface area contributed by atoms with Crippen molar-refractivity contribution in [1.29, 1.82) is 0 Å². The Labute approximate surface area is 197 Å². The van der Waals surface area contributed by atoms with Crippen LogP contribution >= 0.6 is 11.6 Å². The molecule has 172 valence electrons. The fourth-order valence-corrected chi connectivity index (χ4v) is 6.56. The normalized spacial score (nSPS) is 23.2. The summed E-state index contributed by atoms with van der Waals surface area (Å²) in [5.74, 6) is 2.52. The first-order valence-corrected chi connectivity index (χ1v) is 13.5. The number of fused-ring (bicyclic) bond motifs is 1. The Hall–Kier alpha value is -1.70. The van der Waals surface area contributed by atoms with Crippen LogP contribution in [0.15, 0.2) is 29.2 Å². The molecule has 0 radical (unpaired) electrons. The molecule has 1 aromatic heterocycles. The number of anilines is 2. The smallest absolute Gasteiger partial charge is 0.146 e. The van der Waals surface area contributed by atoms with Crippen LogP contribution in [0.25, 0.3) is 0 Å². The molecule has 3 heterocycles. The predicted octanol–water partition coefficient (Wildman–Crippen LogP) is 4.28. The number of hydrogen-bond donors (Lipinski definition) is 2. The van der Waals surface area contributed by atoms with Crippen LogP contribution in [-0.4, -0.2) is 50.3 Å². The Morgan fingerprint density at radius 1 is 1.12 bits per heavy atom. The van der Waals surface area contributed by atoms with Gasteiger partial charge in [0.2, 0.25) is 0 Å². The number of aliphatic hydroxyl groups is 1. The Kier molecular flexibility index (Phi) is 6.41. The van der Waals surface area contributed by atoms with Crippen molar-refractivity contribution >= 4 is 33.9 Å². The lowest BCUT2D eigenvalue weighted by atomic mass is 9.77. The zero-order valence-electron chi connectivity index (χ0n) is 18.4. The van der Waals surface area contributed by atoms with Gasteiger partial charge >= 0.3 is 0 Å². The second-order valence-corrected chi connectivity index (χ2v) is 11.3. The zero-order valence-corrected chi connectivity index (χ0v) is 19.9. The molecule has 0 amide bonds. The van der Waals surface area contributed by atoms with E-state index in [4.69, 9.17) is 21.6 Å². The van der Waals surface area contributed by atoms with Gasteiger partial charge in [0.15, 0.2) is 0 Å². The summed E-state index contributed by atoms with van der Waals surface area (Å²) in [7, 11) is -1.09. The summed E-state index contributed by atoms with van der Waals surface area (Å²) in [5.41, 5.74) is 1.82. The zero-order chi connectivity index (χ0) is 22.1. The van der Waals surface area contributed by atoms with Gasteiger partial charge in [0.1, 0.15) is 16.5 Å². The molecule has 1 atom stereocenters. The van der Waals surface area contributed by atoms with Gasteiger partial charge in [0.05, 0.1) is 28.6 Å². The molecular weight excluding hydrogens is 444 g/mol. The van der Waals surface area contributed by atoms with E-state index in [-0.39, 0.29) is 18.1 Å². The third kappa shape index (κ3) is 4.39. The number of halogens is 1. The van der Waals surface area contributed by atoms with Gasteiger partial charge in [-0.2, -0.15) is 0 Å². The highest BCUT2D eigenvalue weighted by Gasteiger charge is 2.38. The van der Waals surface area contributed by atoms with Crippen molar-refractivity contribution in [2.75, 3.05) is 35.7 Å². The number of benzene rings is 1. The standard InChI is InChI=1S/C24H31ClN4O2S/c25-18-5-7-19(8-6-18)29-13-9-17(10-14-29)22-26-20-4-1-2-15-32(31)21(20)23(27-22)28-24(16-30)11-3-12-24/h5-8,17,30H,1-4,9-16H2,(H,26,27,28)/t32-/m0/s1. The molecule has 8 heteroatoms. The fraction of sp³-hybridized carbons (Fsp3) is 0.583. The highest BCUT2D eigenvalue weighted by molar-refractivity contribution is 7.85. The predicted molar refractivity (Wildman–Crippen MR) is 129 cm³/mol. The summed E-state index contributed by atoms with van der Waals surface area (Å²) >= 11 is 6.04. The minimum atomic E-state index is -1.09. The van der Waals surface area contributed by atoms with E-state index in [0.717, 1.165) is 85.9 Å². The molecule has 2 aromatic rings. The fourth-order valence-electron chi connectivity index (χ4n) is 5.04. The largest absolute Gasteiger partial charge is 0.394 e. The minimum absolute atomic E-state index is 0.0766. The van der Waals surface area contributed by atoms with Crippen molar-refractivity contribution in [3.8, 4) is 0 Å². The van der Waals surface area contributed by atoms with Crippen molar-refractivity contribution in [2.24, 2.45) is 0 Å². The lowest BCUT2D eigenvalue weighted by Gasteiger charge is -2.42. The van der Waals surface area contributed by atoms with Crippen molar-refractivity contribution in [3.63, 3.8) is 0 Å². The second-order valence-electron chi connectivity index (χ2n) is 9.37. The van der Waals surface area contributed by atoms with Crippen LogP contribution in [0.5, 0.6) is 0 Å². The Bertz CT molecular complexity index is 983. The molecule has 1 saturated carbocycles. The maximum atomic E-state index is 13.0. The van der Waals surface area contributed by atoms with Gasteiger partial charge in [-0.3, -0.25) is 4.21 Å². The van der Waals surface area contributed by atoms with Crippen LogP contribution in [-0.2, 0) is 17.2 Å². The quantitative estimate of drug-likeness (QED) is 0.673. The molecule has 2 fully saturated rings. The van der Waals surface area contributed by atoms with E-state index in [1.807, 2.05) is 12.1 Å². The van der Waals surface area contributed by atoms with Crippen LogP contribution < -0.4 is 10.2 Å². The Morgan fingerprint density at radius 2 is 1.88 bits per heavy atom. The molecule has 32 heavy (non-hydrogen) atoms. The lowest BCUT2D eigenvalue weighted by molar-refractivity contribution is 0.143. The van der Waals surface area contributed by atoms with Crippen molar-refractivity contribution in [2.45, 2.75) is 67.7 Å². The molecule has 6 nitrogen and oxygen atoms in total.